The van der Waals surface area contributed by atoms with Crippen molar-refractivity contribution >= 4 is 12.9 Å². The number of unbranched alkanes of at least 4 members (excludes halogenated alkanes) is 1. The van der Waals surface area contributed by atoms with Gasteiger partial charge in [0.15, 0.2) is 6.29 Å². The summed E-state index contributed by atoms with van der Waals surface area (Å²) in [6.45, 7) is 2.19. The van der Waals surface area contributed by atoms with Crippen molar-refractivity contribution in [3.8, 4) is 5.75 Å². The molecule has 5 nitrogen and oxygen atoms in total. The molecule has 0 aromatic heterocycles. The van der Waals surface area contributed by atoms with Gasteiger partial charge in [-0.25, -0.2) is 0 Å². The predicted octanol–water partition coefficient (Wildman–Crippen LogP) is 1.86. The number of rotatable bonds is 9. The Bertz CT molecular complexity index is 395. The van der Waals surface area contributed by atoms with Crippen LogP contribution in [0.3, 0.4) is 0 Å². The van der Waals surface area contributed by atoms with Gasteiger partial charge in [-0.2, -0.15) is 0 Å². The molecule has 0 saturated carbocycles. The molecule has 0 spiro atoms. The van der Waals surface area contributed by atoms with E-state index in [9.17, 15) is 0 Å². The molecule has 1 aromatic carbocycles. The smallest absolute Gasteiger partial charge is 0.355 e. The SMILES string of the molecule is OOBc1cccc(OCCCCOC2CCCCO2)c1. The molecule has 2 rings (SSSR count). The van der Waals surface area contributed by atoms with Crippen LogP contribution in [0.4, 0.5) is 0 Å². The molecule has 1 heterocycles. The Balaban J connectivity index is 1.53. The van der Waals surface area contributed by atoms with E-state index in [2.05, 4.69) is 4.81 Å². The van der Waals surface area contributed by atoms with Crippen molar-refractivity contribution in [1.82, 2.24) is 0 Å². The molecule has 0 aliphatic carbocycles. The van der Waals surface area contributed by atoms with E-state index in [4.69, 9.17) is 19.5 Å². The van der Waals surface area contributed by atoms with E-state index in [-0.39, 0.29) is 13.8 Å². The summed E-state index contributed by atoms with van der Waals surface area (Å²) in [7, 11) is 0.173. The van der Waals surface area contributed by atoms with Crippen molar-refractivity contribution in [2.75, 3.05) is 19.8 Å². The van der Waals surface area contributed by atoms with Crippen LogP contribution in [-0.2, 0) is 14.3 Å². The minimum Gasteiger partial charge on any atom is -0.494 e. The quantitative estimate of drug-likeness (QED) is 0.326. The van der Waals surface area contributed by atoms with Crippen LogP contribution in [0.25, 0.3) is 0 Å². The Morgan fingerprint density at radius 1 is 1.24 bits per heavy atom. The van der Waals surface area contributed by atoms with Gasteiger partial charge in [0.05, 0.1) is 6.61 Å². The highest BCUT2D eigenvalue weighted by Gasteiger charge is 2.13. The summed E-state index contributed by atoms with van der Waals surface area (Å²) < 4.78 is 16.8. The first kappa shape index (κ1) is 16.3. The van der Waals surface area contributed by atoms with E-state index in [1.165, 1.54) is 6.42 Å². The second kappa shape index (κ2) is 9.79. The first-order valence-electron chi connectivity index (χ1n) is 7.60. The van der Waals surface area contributed by atoms with Gasteiger partial charge in [0, 0.05) is 13.2 Å². The summed E-state index contributed by atoms with van der Waals surface area (Å²) in [4.78, 5) is 4.11. The first-order valence-corrected chi connectivity index (χ1v) is 7.60. The summed E-state index contributed by atoms with van der Waals surface area (Å²) in [5.41, 5.74) is 0.882. The van der Waals surface area contributed by atoms with Crippen molar-refractivity contribution in [3.63, 3.8) is 0 Å². The highest BCUT2D eigenvalue weighted by atomic mass is 17.1. The maximum absolute atomic E-state index is 8.43. The Kier molecular flexibility index (Phi) is 7.60. The fourth-order valence-corrected chi connectivity index (χ4v) is 2.25. The van der Waals surface area contributed by atoms with E-state index < -0.39 is 0 Å². The first-order chi connectivity index (χ1) is 10.4. The average molecular weight is 294 g/mol. The second-order valence-electron chi connectivity index (χ2n) is 5.14. The lowest BCUT2D eigenvalue weighted by Gasteiger charge is -2.22. The lowest BCUT2D eigenvalue weighted by molar-refractivity contribution is -0.162. The van der Waals surface area contributed by atoms with Gasteiger partial charge in [-0.3, -0.25) is 5.26 Å². The highest BCUT2D eigenvalue weighted by molar-refractivity contribution is 6.46. The maximum atomic E-state index is 8.43. The van der Waals surface area contributed by atoms with Crippen LogP contribution in [-0.4, -0.2) is 38.9 Å². The zero-order valence-electron chi connectivity index (χ0n) is 12.3. The number of benzene rings is 1. The Hall–Kier alpha value is -1.08. The Morgan fingerprint density at radius 2 is 2.14 bits per heavy atom. The monoisotopic (exact) mass is 294 g/mol. The van der Waals surface area contributed by atoms with Crippen molar-refractivity contribution in [3.05, 3.63) is 24.3 Å². The molecule has 1 saturated heterocycles. The van der Waals surface area contributed by atoms with Crippen LogP contribution in [0.2, 0.25) is 0 Å². The van der Waals surface area contributed by atoms with Gasteiger partial charge in [-0.05, 0) is 49.7 Å². The zero-order chi connectivity index (χ0) is 14.8. The Morgan fingerprint density at radius 3 is 2.95 bits per heavy atom. The summed E-state index contributed by atoms with van der Waals surface area (Å²) in [6, 6.07) is 7.52. The van der Waals surface area contributed by atoms with E-state index in [0.29, 0.717) is 13.2 Å². The van der Waals surface area contributed by atoms with Gasteiger partial charge >= 0.3 is 7.48 Å². The van der Waals surface area contributed by atoms with Crippen LogP contribution in [0.15, 0.2) is 24.3 Å². The Labute approximate surface area is 126 Å². The number of hydrogen-bond acceptors (Lipinski definition) is 5. The van der Waals surface area contributed by atoms with Gasteiger partial charge in [0.1, 0.15) is 5.75 Å². The molecule has 6 heteroatoms. The van der Waals surface area contributed by atoms with Crippen LogP contribution in [0, 0.1) is 0 Å². The molecule has 1 N–H and O–H groups in total. The molecule has 21 heavy (non-hydrogen) atoms. The second-order valence-corrected chi connectivity index (χ2v) is 5.14. The van der Waals surface area contributed by atoms with Crippen molar-refractivity contribution in [2.45, 2.75) is 38.4 Å². The van der Waals surface area contributed by atoms with Gasteiger partial charge in [0.2, 0.25) is 0 Å². The largest absolute Gasteiger partial charge is 0.494 e. The summed E-state index contributed by atoms with van der Waals surface area (Å²) in [6.07, 6.45) is 5.24. The molecule has 1 unspecified atom stereocenters. The molecule has 0 amide bonds. The van der Waals surface area contributed by atoms with Crippen molar-refractivity contribution in [2.24, 2.45) is 0 Å². The van der Waals surface area contributed by atoms with E-state index in [1.807, 2.05) is 24.3 Å². The normalized spacial score (nSPS) is 18.4. The van der Waals surface area contributed by atoms with Gasteiger partial charge in [-0.15, -0.1) is 0 Å². The van der Waals surface area contributed by atoms with Gasteiger partial charge in [0.25, 0.3) is 0 Å². The minimum absolute atomic E-state index is 0.00479. The summed E-state index contributed by atoms with van der Waals surface area (Å²) in [5.74, 6) is 0.793. The summed E-state index contributed by atoms with van der Waals surface area (Å²) in [5, 5.41) is 8.43. The molecule has 1 fully saturated rings. The standard InChI is InChI=1S/C15H23BO5/c17-21-16-13-6-5-7-14(12-13)18-9-3-4-11-20-15-8-1-2-10-19-15/h5-7,12,15-17H,1-4,8-11H2. The van der Waals surface area contributed by atoms with Crippen LogP contribution < -0.4 is 10.2 Å². The van der Waals surface area contributed by atoms with Crippen LogP contribution in [0.1, 0.15) is 32.1 Å². The molecule has 1 aromatic rings. The zero-order valence-corrected chi connectivity index (χ0v) is 12.3. The lowest BCUT2D eigenvalue weighted by Crippen LogP contribution is -2.22. The molecular weight excluding hydrogens is 271 g/mol. The molecular formula is C15H23BO5. The van der Waals surface area contributed by atoms with Crippen LogP contribution >= 0.6 is 0 Å². The molecule has 1 aliphatic heterocycles. The molecule has 1 atom stereocenters. The van der Waals surface area contributed by atoms with Crippen molar-refractivity contribution < 1.29 is 24.3 Å². The average Bonchev–Trinajstić information content (AvgIpc) is 2.52. The fraction of sp³-hybridized carbons (Fsp3) is 0.600. The minimum atomic E-state index is -0.00479. The van der Waals surface area contributed by atoms with Crippen LogP contribution in [0.5, 0.6) is 5.75 Å². The molecule has 0 radical (unpaired) electrons. The van der Waals surface area contributed by atoms with E-state index in [1.54, 1.807) is 0 Å². The van der Waals surface area contributed by atoms with Gasteiger partial charge < -0.3 is 19.0 Å². The number of hydrogen-bond donors (Lipinski definition) is 1. The third kappa shape index (κ3) is 6.48. The third-order valence-corrected chi connectivity index (χ3v) is 3.38. The lowest BCUT2D eigenvalue weighted by atomic mass is 9.89. The molecule has 1 aliphatic rings. The van der Waals surface area contributed by atoms with Gasteiger partial charge in [-0.1, -0.05) is 12.1 Å². The third-order valence-electron chi connectivity index (χ3n) is 3.38. The summed E-state index contributed by atoms with van der Waals surface area (Å²) >= 11 is 0. The fourth-order valence-electron chi connectivity index (χ4n) is 2.25. The van der Waals surface area contributed by atoms with E-state index >= 15 is 0 Å². The highest BCUT2D eigenvalue weighted by Crippen LogP contribution is 2.14. The molecule has 0 bridgehead atoms. The van der Waals surface area contributed by atoms with Crippen molar-refractivity contribution in [1.29, 1.82) is 0 Å². The predicted molar refractivity (Wildman–Crippen MR) is 81.2 cm³/mol. The number of ether oxygens (including phenoxy) is 3. The molecule has 116 valence electrons. The van der Waals surface area contributed by atoms with E-state index in [0.717, 1.165) is 43.5 Å². The topological polar surface area (TPSA) is 57.2 Å². The maximum Gasteiger partial charge on any atom is 0.355 e.